The van der Waals surface area contributed by atoms with Crippen LogP contribution in [-0.2, 0) is 11.3 Å². The summed E-state index contributed by atoms with van der Waals surface area (Å²) in [5.41, 5.74) is 6.56. The van der Waals surface area contributed by atoms with E-state index in [9.17, 15) is 4.79 Å². The van der Waals surface area contributed by atoms with E-state index in [1.54, 1.807) is 7.05 Å². The van der Waals surface area contributed by atoms with Crippen molar-refractivity contribution in [3.05, 3.63) is 5.69 Å². The van der Waals surface area contributed by atoms with Gasteiger partial charge in [-0.15, -0.1) is 5.10 Å². The van der Waals surface area contributed by atoms with Crippen molar-refractivity contribution in [3.8, 4) is 0 Å². The summed E-state index contributed by atoms with van der Waals surface area (Å²) in [5.74, 6) is 0.0754. The van der Waals surface area contributed by atoms with E-state index >= 15 is 0 Å². The average Bonchev–Trinajstić information content (AvgIpc) is 2.75. The van der Waals surface area contributed by atoms with Crippen molar-refractivity contribution >= 4 is 22.4 Å². The van der Waals surface area contributed by atoms with Crippen LogP contribution in [0.4, 0.5) is 5.00 Å². The maximum atomic E-state index is 11.8. The number of hydrogen-bond acceptors (Lipinski definition) is 6. The van der Waals surface area contributed by atoms with Gasteiger partial charge >= 0.3 is 0 Å². The number of likely N-dealkylation sites (tertiary alicyclic amines) is 1. The van der Waals surface area contributed by atoms with E-state index in [-0.39, 0.29) is 11.9 Å². The molecule has 1 aromatic rings. The van der Waals surface area contributed by atoms with E-state index in [1.165, 1.54) is 11.5 Å². The predicted molar refractivity (Wildman–Crippen MR) is 66.4 cm³/mol. The number of aromatic nitrogens is 2. The third-order valence-corrected chi connectivity index (χ3v) is 3.70. The number of hydrogen-bond donors (Lipinski definition) is 2. The first kappa shape index (κ1) is 12.3. The molecule has 1 aliphatic rings. The van der Waals surface area contributed by atoms with Gasteiger partial charge in [0, 0.05) is 25.1 Å². The molecule has 2 rings (SSSR count). The molecule has 1 aromatic heterocycles. The fraction of sp³-hybridized carbons (Fsp3) is 0.700. The summed E-state index contributed by atoms with van der Waals surface area (Å²) in [4.78, 5) is 13.9. The summed E-state index contributed by atoms with van der Waals surface area (Å²) in [6, 6.07) is -0.0603. The van der Waals surface area contributed by atoms with Gasteiger partial charge in [-0.1, -0.05) is 10.9 Å². The number of nitrogens with zero attached hydrogens (tertiary/aromatic N) is 3. The third-order valence-electron chi connectivity index (χ3n) is 3.10. The molecule has 7 heteroatoms. The standard InChI is InChI=1S/C10H17N5OS/c1-12-10(16)8-4-2-3-5-15(8)6-7-9(11)17-14-13-7/h8H,2-6,11H2,1H3,(H,12,16). The molecule has 94 valence electrons. The second-order valence-corrected chi connectivity index (χ2v) is 4.97. The number of anilines is 1. The van der Waals surface area contributed by atoms with Gasteiger partial charge in [0.05, 0.1) is 6.04 Å². The van der Waals surface area contributed by atoms with Crippen molar-refractivity contribution in [3.63, 3.8) is 0 Å². The highest BCUT2D eigenvalue weighted by atomic mass is 32.1. The van der Waals surface area contributed by atoms with Crippen molar-refractivity contribution in [1.29, 1.82) is 0 Å². The van der Waals surface area contributed by atoms with E-state index in [0.717, 1.165) is 31.5 Å². The number of nitrogens with two attached hydrogens (primary N) is 1. The van der Waals surface area contributed by atoms with Crippen LogP contribution >= 0.6 is 11.5 Å². The van der Waals surface area contributed by atoms with E-state index < -0.39 is 0 Å². The first-order chi connectivity index (χ1) is 8.22. The summed E-state index contributed by atoms with van der Waals surface area (Å²) in [6.07, 6.45) is 3.11. The van der Waals surface area contributed by atoms with Crippen LogP contribution < -0.4 is 11.1 Å². The number of nitrogen functional groups attached to an aromatic ring is 1. The molecule has 1 saturated heterocycles. The van der Waals surface area contributed by atoms with E-state index in [4.69, 9.17) is 5.73 Å². The molecule has 1 amide bonds. The van der Waals surface area contributed by atoms with Crippen LogP contribution in [0.25, 0.3) is 0 Å². The molecule has 0 bridgehead atoms. The zero-order valence-electron chi connectivity index (χ0n) is 9.85. The number of amides is 1. The number of rotatable bonds is 3. The second-order valence-electron chi connectivity index (χ2n) is 4.18. The van der Waals surface area contributed by atoms with Gasteiger partial charge in [0.1, 0.15) is 10.7 Å². The Bertz CT molecular complexity index is 394. The minimum absolute atomic E-state index is 0.0603. The smallest absolute Gasteiger partial charge is 0.237 e. The first-order valence-corrected chi connectivity index (χ1v) is 6.52. The number of likely N-dealkylation sites (N-methyl/N-ethyl adjacent to an activating group) is 1. The molecule has 17 heavy (non-hydrogen) atoms. The van der Waals surface area contributed by atoms with Gasteiger partial charge in [-0.2, -0.15) is 0 Å². The molecule has 1 fully saturated rings. The van der Waals surface area contributed by atoms with Crippen LogP contribution in [0.5, 0.6) is 0 Å². The van der Waals surface area contributed by atoms with Crippen molar-refractivity contribution in [1.82, 2.24) is 19.8 Å². The summed E-state index contributed by atoms with van der Waals surface area (Å²) < 4.78 is 3.82. The van der Waals surface area contributed by atoms with Gasteiger partial charge in [-0.25, -0.2) is 0 Å². The van der Waals surface area contributed by atoms with Gasteiger partial charge in [0.25, 0.3) is 0 Å². The number of piperidine rings is 1. The lowest BCUT2D eigenvalue weighted by Crippen LogP contribution is -2.48. The molecule has 6 nitrogen and oxygen atoms in total. The average molecular weight is 255 g/mol. The zero-order chi connectivity index (χ0) is 12.3. The highest BCUT2D eigenvalue weighted by molar-refractivity contribution is 7.09. The fourth-order valence-corrected chi connectivity index (χ4v) is 2.60. The number of nitrogens with one attached hydrogen (secondary N) is 1. The Labute approximate surface area is 104 Å². The minimum Gasteiger partial charge on any atom is -0.388 e. The maximum absolute atomic E-state index is 11.8. The van der Waals surface area contributed by atoms with Crippen molar-refractivity contribution in [2.24, 2.45) is 0 Å². The molecule has 0 saturated carbocycles. The number of carbonyl (C=O) groups excluding carboxylic acids is 1. The Morgan fingerprint density at radius 3 is 3.12 bits per heavy atom. The molecule has 1 unspecified atom stereocenters. The Morgan fingerprint density at radius 2 is 2.47 bits per heavy atom. The largest absolute Gasteiger partial charge is 0.388 e. The van der Waals surface area contributed by atoms with Crippen LogP contribution in [0, 0.1) is 0 Å². The molecule has 1 aliphatic heterocycles. The zero-order valence-corrected chi connectivity index (χ0v) is 10.7. The molecular weight excluding hydrogens is 238 g/mol. The molecule has 2 heterocycles. The summed E-state index contributed by atoms with van der Waals surface area (Å²) in [5, 5.41) is 7.36. The van der Waals surface area contributed by atoms with Crippen molar-refractivity contribution < 1.29 is 4.79 Å². The summed E-state index contributed by atoms with van der Waals surface area (Å²) in [7, 11) is 1.67. The molecule has 1 atom stereocenters. The molecule has 0 aromatic carbocycles. The molecular formula is C10H17N5OS. The topological polar surface area (TPSA) is 84.1 Å². The van der Waals surface area contributed by atoms with E-state index in [0.29, 0.717) is 11.5 Å². The van der Waals surface area contributed by atoms with Crippen LogP contribution in [0.2, 0.25) is 0 Å². The van der Waals surface area contributed by atoms with Crippen molar-refractivity contribution in [2.75, 3.05) is 19.3 Å². The first-order valence-electron chi connectivity index (χ1n) is 5.74. The maximum Gasteiger partial charge on any atom is 0.237 e. The molecule has 0 radical (unpaired) electrons. The highest BCUT2D eigenvalue weighted by Crippen LogP contribution is 2.22. The highest BCUT2D eigenvalue weighted by Gasteiger charge is 2.28. The minimum atomic E-state index is -0.0603. The van der Waals surface area contributed by atoms with Crippen LogP contribution in [0.3, 0.4) is 0 Å². The Morgan fingerprint density at radius 1 is 1.65 bits per heavy atom. The Hall–Kier alpha value is -1.21. The van der Waals surface area contributed by atoms with Crippen LogP contribution in [-0.4, -0.2) is 40.0 Å². The fourth-order valence-electron chi connectivity index (χ4n) is 2.16. The van der Waals surface area contributed by atoms with Crippen LogP contribution in [0.15, 0.2) is 0 Å². The molecule has 0 aliphatic carbocycles. The van der Waals surface area contributed by atoms with Gasteiger partial charge < -0.3 is 11.1 Å². The van der Waals surface area contributed by atoms with E-state index in [2.05, 4.69) is 19.8 Å². The summed E-state index contributed by atoms with van der Waals surface area (Å²) in [6.45, 7) is 1.52. The van der Waals surface area contributed by atoms with E-state index in [1.807, 2.05) is 0 Å². The third kappa shape index (κ3) is 2.73. The van der Waals surface area contributed by atoms with Gasteiger partial charge in [0.2, 0.25) is 5.91 Å². The van der Waals surface area contributed by atoms with Gasteiger partial charge in [-0.05, 0) is 19.4 Å². The van der Waals surface area contributed by atoms with Crippen LogP contribution in [0.1, 0.15) is 25.0 Å². The lowest BCUT2D eigenvalue weighted by Gasteiger charge is -2.33. The predicted octanol–water partition coefficient (Wildman–Crippen LogP) is 0.221. The lowest BCUT2D eigenvalue weighted by atomic mass is 10.0. The molecule has 3 N–H and O–H groups in total. The monoisotopic (exact) mass is 255 g/mol. The summed E-state index contributed by atoms with van der Waals surface area (Å²) >= 11 is 1.20. The number of carbonyl (C=O) groups is 1. The Kier molecular flexibility index (Phi) is 3.90. The van der Waals surface area contributed by atoms with Gasteiger partial charge in [-0.3, -0.25) is 9.69 Å². The Balaban J connectivity index is 2.06. The molecule has 0 spiro atoms. The quantitative estimate of drug-likeness (QED) is 0.807. The second kappa shape index (κ2) is 5.42. The lowest BCUT2D eigenvalue weighted by molar-refractivity contribution is -0.127. The van der Waals surface area contributed by atoms with Crippen molar-refractivity contribution in [2.45, 2.75) is 31.8 Å². The normalized spacial score (nSPS) is 21.4. The SMILES string of the molecule is CNC(=O)C1CCCCN1Cc1nnsc1N. The van der Waals surface area contributed by atoms with Gasteiger partial charge in [0.15, 0.2) is 0 Å².